The number of para-hydroxylation sites is 2. The Labute approximate surface area is 150 Å². The molecule has 0 aliphatic rings. The number of nitrogens with one attached hydrogen (secondary N) is 1. The smallest absolute Gasteiger partial charge is 0.255 e. The van der Waals surface area contributed by atoms with Gasteiger partial charge in [-0.15, -0.1) is 0 Å². The van der Waals surface area contributed by atoms with E-state index in [-0.39, 0.29) is 5.91 Å². The van der Waals surface area contributed by atoms with E-state index in [1.54, 1.807) is 55.5 Å². The first-order valence-corrected chi connectivity index (χ1v) is 8.01. The topological polar surface area (TPSA) is 101 Å². The molecule has 0 atom stereocenters. The average Bonchev–Trinajstić information content (AvgIpc) is 3.07. The number of hydrogen-bond acceptors (Lipinski definition) is 6. The average molecular weight is 348 g/mol. The van der Waals surface area contributed by atoms with E-state index < -0.39 is 0 Å². The van der Waals surface area contributed by atoms with Gasteiger partial charge in [0.25, 0.3) is 5.91 Å². The summed E-state index contributed by atoms with van der Waals surface area (Å²) in [5.41, 5.74) is 0.774. The van der Waals surface area contributed by atoms with E-state index in [0.29, 0.717) is 47.3 Å². The van der Waals surface area contributed by atoms with E-state index in [9.17, 15) is 10.1 Å². The molecule has 0 bridgehead atoms. The van der Waals surface area contributed by atoms with Crippen LogP contribution in [0.1, 0.15) is 27.6 Å². The Balaban J connectivity index is 1.70. The van der Waals surface area contributed by atoms with Crippen molar-refractivity contribution < 1.29 is 14.1 Å². The van der Waals surface area contributed by atoms with Gasteiger partial charge in [-0.3, -0.25) is 4.79 Å². The summed E-state index contributed by atoms with van der Waals surface area (Å²) in [6.45, 7) is 2.09. The lowest BCUT2D eigenvalue weighted by molar-refractivity contribution is 0.0951. The summed E-state index contributed by atoms with van der Waals surface area (Å²) in [4.78, 5) is 16.6. The van der Waals surface area contributed by atoms with Crippen molar-refractivity contribution in [1.29, 1.82) is 5.26 Å². The molecule has 1 heterocycles. The van der Waals surface area contributed by atoms with Crippen molar-refractivity contribution in [1.82, 2.24) is 15.5 Å². The standard InChI is InChI=1S/C19H16N4O3/c1-13-22-18(26-23-13)10-11-21-19(24)15-7-3-5-9-17(15)25-16-8-4-2-6-14(16)12-20/h2-9H,10-11H2,1H3,(H,21,24). The predicted molar refractivity (Wildman–Crippen MR) is 92.7 cm³/mol. The zero-order valence-electron chi connectivity index (χ0n) is 14.1. The zero-order chi connectivity index (χ0) is 18.4. The molecular weight excluding hydrogens is 332 g/mol. The highest BCUT2D eigenvalue weighted by Crippen LogP contribution is 2.27. The van der Waals surface area contributed by atoms with Crippen molar-refractivity contribution >= 4 is 5.91 Å². The molecule has 0 saturated heterocycles. The van der Waals surface area contributed by atoms with Crippen LogP contribution in [-0.2, 0) is 6.42 Å². The molecule has 7 nitrogen and oxygen atoms in total. The Hall–Kier alpha value is -3.66. The van der Waals surface area contributed by atoms with Crippen molar-refractivity contribution in [2.24, 2.45) is 0 Å². The van der Waals surface area contributed by atoms with Crippen molar-refractivity contribution in [2.75, 3.05) is 6.54 Å². The molecule has 0 saturated carbocycles. The number of rotatable bonds is 6. The van der Waals surface area contributed by atoms with Gasteiger partial charge in [0.2, 0.25) is 5.89 Å². The third kappa shape index (κ3) is 4.05. The first-order valence-electron chi connectivity index (χ1n) is 8.01. The van der Waals surface area contributed by atoms with Gasteiger partial charge in [-0.25, -0.2) is 0 Å². The largest absolute Gasteiger partial charge is 0.455 e. The molecule has 26 heavy (non-hydrogen) atoms. The third-order valence-corrected chi connectivity index (χ3v) is 3.55. The summed E-state index contributed by atoms with van der Waals surface area (Å²) in [6.07, 6.45) is 0.437. The molecule has 0 fully saturated rings. The second-order valence-electron chi connectivity index (χ2n) is 5.45. The first kappa shape index (κ1) is 17.2. The number of aryl methyl sites for hydroxylation is 1. The second-order valence-corrected chi connectivity index (χ2v) is 5.45. The Morgan fingerprint density at radius 2 is 1.92 bits per heavy atom. The van der Waals surface area contributed by atoms with Gasteiger partial charge in [-0.1, -0.05) is 29.4 Å². The van der Waals surface area contributed by atoms with Gasteiger partial charge in [0.15, 0.2) is 5.82 Å². The minimum atomic E-state index is -0.286. The highest BCUT2D eigenvalue weighted by atomic mass is 16.5. The van der Waals surface area contributed by atoms with Gasteiger partial charge in [0.1, 0.15) is 17.6 Å². The maximum Gasteiger partial charge on any atom is 0.255 e. The third-order valence-electron chi connectivity index (χ3n) is 3.55. The number of carbonyl (C=O) groups is 1. The molecule has 0 radical (unpaired) electrons. The predicted octanol–water partition coefficient (Wildman–Crippen LogP) is 3.01. The SMILES string of the molecule is Cc1noc(CCNC(=O)c2ccccc2Oc2ccccc2C#N)n1. The van der Waals surface area contributed by atoms with Gasteiger partial charge >= 0.3 is 0 Å². The molecular formula is C19H16N4O3. The lowest BCUT2D eigenvalue weighted by Crippen LogP contribution is -2.26. The fraction of sp³-hybridized carbons (Fsp3) is 0.158. The number of amides is 1. The van der Waals surface area contributed by atoms with Crippen LogP contribution in [0, 0.1) is 18.3 Å². The van der Waals surface area contributed by atoms with E-state index >= 15 is 0 Å². The van der Waals surface area contributed by atoms with Crippen LogP contribution in [0.15, 0.2) is 53.1 Å². The van der Waals surface area contributed by atoms with Crippen LogP contribution < -0.4 is 10.1 Å². The Bertz CT molecular complexity index is 959. The maximum atomic E-state index is 12.5. The molecule has 0 aliphatic heterocycles. The summed E-state index contributed by atoms with van der Waals surface area (Å²) in [5.74, 6) is 1.51. The maximum absolute atomic E-state index is 12.5. The van der Waals surface area contributed by atoms with E-state index in [1.165, 1.54) is 0 Å². The molecule has 0 aliphatic carbocycles. The highest BCUT2D eigenvalue weighted by Gasteiger charge is 2.14. The number of hydrogen-bond donors (Lipinski definition) is 1. The fourth-order valence-corrected chi connectivity index (χ4v) is 2.33. The van der Waals surface area contributed by atoms with Crippen LogP contribution in [0.4, 0.5) is 0 Å². The number of nitriles is 1. The lowest BCUT2D eigenvalue weighted by atomic mass is 10.1. The molecule has 1 aromatic heterocycles. The zero-order valence-corrected chi connectivity index (χ0v) is 14.1. The van der Waals surface area contributed by atoms with Crippen LogP contribution in [-0.4, -0.2) is 22.6 Å². The Kier molecular flexibility index (Phi) is 5.25. The minimum Gasteiger partial charge on any atom is -0.455 e. The quantitative estimate of drug-likeness (QED) is 0.735. The Morgan fingerprint density at radius 3 is 2.65 bits per heavy atom. The molecule has 3 aromatic rings. The van der Waals surface area contributed by atoms with Crippen LogP contribution in [0.25, 0.3) is 0 Å². The van der Waals surface area contributed by atoms with Gasteiger partial charge in [-0.05, 0) is 31.2 Å². The molecule has 1 amide bonds. The van der Waals surface area contributed by atoms with Crippen LogP contribution in [0.3, 0.4) is 0 Å². The van der Waals surface area contributed by atoms with Gasteiger partial charge in [0, 0.05) is 13.0 Å². The molecule has 0 spiro atoms. The van der Waals surface area contributed by atoms with E-state index in [4.69, 9.17) is 9.26 Å². The number of ether oxygens (including phenoxy) is 1. The molecule has 3 rings (SSSR count). The number of benzene rings is 2. The van der Waals surface area contributed by atoms with Crippen molar-refractivity contribution in [3.63, 3.8) is 0 Å². The van der Waals surface area contributed by atoms with Crippen molar-refractivity contribution in [3.8, 4) is 17.6 Å². The second kappa shape index (κ2) is 7.94. The molecule has 1 N–H and O–H groups in total. The van der Waals surface area contributed by atoms with Crippen molar-refractivity contribution in [3.05, 3.63) is 71.4 Å². The van der Waals surface area contributed by atoms with E-state index in [0.717, 1.165) is 0 Å². The molecule has 0 unspecified atom stereocenters. The molecule has 7 heteroatoms. The van der Waals surface area contributed by atoms with Gasteiger partial charge in [-0.2, -0.15) is 10.2 Å². The normalized spacial score (nSPS) is 10.2. The fourth-order valence-electron chi connectivity index (χ4n) is 2.33. The number of nitrogens with zero attached hydrogens (tertiary/aromatic N) is 3. The van der Waals surface area contributed by atoms with Crippen molar-refractivity contribution in [2.45, 2.75) is 13.3 Å². The molecule has 2 aromatic carbocycles. The van der Waals surface area contributed by atoms with Gasteiger partial charge in [0.05, 0.1) is 11.1 Å². The van der Waals surface area contributed by atoms with Crippen LogP contribution in [0.2, 0.25) is 0 Å². The van der Waals surface area contributed by atoms with Crippen LogP contribution >= 0.6 is 0 Å². The number of aromatic nitrogens is 2. The van der Waals surface area contributed by atoms with Gasteiger partial charge < -0.3 is 14.6 Å². The monoisotopic (exact) mass is 348 g/mol. The summed E-state index contributed by atoms with van der Waals surface area (Å²) in [7, 11) is 0. The minimum absolute atomic E-state index is 0.286. The summed E-state index contributed by atoms with van der Waals surface area (Å²) >= 11 is 0. The highest BCUT2D eigenvalue weighted by molar-refractivity contribution is 5.97. The Morgan fingerprint density at radius 1 is 1.19 bits per heavy atom. The van der Waals surface area contributed by atoms with E-state index in [2.05, 4.69) is 21.5 Å². The summed E-state index contributed by atoms with van der Waals surface area (Å²) < 4.78 is 10.8. The van der Waals surface area contributed by atoms with E-state index in [1.807, 2.05) is 0 Å². The first-order chi connectivity index (χ1) is 12.7. The summed E-state index contributed by atoms with van der Waals surface area (Å²) in [6, 6.07) is 15.8. The number of carbonyl (C=O) groups excluding carboxylic acids is 1. The lowest BCUT2D eigenvalue weighted by Gasteiger charge is -2.12. The molecule has 130 valence electrons. The van der Waals surface area contributed by atoms with Crippen LogP contribution in [0.5, 0.6) is 11.5 Å². The summed E-state index contributed by atoms with van der Waals surface area (Å²) in [5, 5.41) is 15.7.